The van der Waals surface area contributed by atoms with Crippen molar-refractivity contribution in [2.75, 3.05) is 43.9 Å². The van der Waals surface area contributed by atoms with Gasteiger partial charge in [-0.25, -0.2) is 4.98 Å². The highest BCUT2D eigenvalue weighted by molar-refractivity contribution is 6.01. The van der Waals surface area contributed by atoms with Crippen molar-refractivity contribution in [3.8, 4) is 17.6 Å². The van der Waals surface area contributed by atoms with E-state index in [1.54, 1.807) is 12.3 Å². The molecule has 35 heavy (non-hydrogen) atoms. The number of rotatable bonds is 8. The number of carbonyl (C=O) groups excluding carboxylic acids is 1. The van der Waals surface area contributed by atoms with Crippen molar-refractivity contribution in [3.05, 3.63) is 78.2 Å². The van der Waals surface area contributed by atoms with E-state index in [0.717, 1.165) is 56.0 Å². The molecule has 1 fully saturated rings. The van der Waals surface area contributed by atoms with Crippen molar-refractivity contribution in [3.63, 3.8) is 0 Å². The van der Waals surface area contributed by atoms with Crippen molar-refractivity contribution in [1.82, 2.24) is 14.8 Å². The molecular weight excluding hydrogens is 438 g/mol. The second-order valence-electron chi connectivity index (χ2n) is 8.70. The van der Waals surface area contributed by atoms with Crippen LogP contribution in [0.5, 0.6) is 5.75 Å². The monoisotopic (exact) mass is 469 g/mol. The molecule has 0 saturated carbocycles. The number of hydrogen-bond donors (Lipinski definition) is 2. The Labute approximate surface area is 207 Å². The Kier molecular flexibility index (Phi) is 7.99. The summed E-state index contributed by atoms with van der Waals surface area (Å²) in [5, 5.41) is 6.23. The molecule has 1 aliphatic carbocycles. The van der Waals surface area contributed by atoms with Gasteiger partial charge in [0, 0.05) is 45.0 Å². The first-order chi connectivity index (χ1) is 17.0. The number of allylic oxidation sites excluding steroid dienone is 4. The number of benzene rings is 1. The molecule has 0 bridgehead atoms. The number of nitrogens with zero attached hydrogens (tertiary/aromatic N) is 3. The van der Waals surface area contributed by atoms with Gasteiger partial charge in [-0.1, -0.05) is 24.6 Å². The van der Waals surface area contributed by atoms with Gasteiger partial charge < -0.3 is 20.3 Å². The summed E-state index contributed by atoms with van der Waals surface area (Å²) in [6.45, 7) is 10.6. The third-order valence-electron chi connectivity index (χ3n) is 5.86. The molecule has 1 saturated heterocycles. The summed E-state index contributed by atoms with van der Waals surface area (Å²) >= 11 is 0. The van der Waals surface area contributed by atoms with Crippen molar-refractivity contribution >= 4 is 23.1 Å². The molecule has 2 heterocycles. The van der Waals surface area contributed by atoms with Crippen molar-refractivity contribution in [2.24, 2.45) is 0 Å². The Morgan fingerprint density at radius 2 is 1.97 bits per heavy atom. The molecular formula is C28H31N5O2. The van der Waals surface area contributed by atoms with Crippen LogP contribution in [0.15, 0.2) is 72.7 Å². The van der Waals surface area contributed by atoms with Crippen LogP contribution < -0.4 is 15.4 Å². The minimum atomic E-state index is -0.266. The lowest BCUT2D eigenvalue weighted by Gasteiger charge is -2.32. The molecule has 2 aliphatic rings. The van der Waals surface area contributed by atoms with Crippen LogP contribution in [0.1, 0.15) is 18.9 Å². The Morgan fingerprint density at radius 1 is 1.14 bits per heavy atom. The third-order valence-corrected chi connectivity index (χ3v) is 5.86. The number of amides is 1. The van der Waals surface area contributed by atoms with Gasteiger partial charge in [0.05, 0.1) is 11.4 Å². The van der Waals surface area contributed by atoms with Crippen LogP contribution in [0.3, 0.4) is 0 Å². The van der Waals surface area contributed by atoms with Crippen LogP contribution in [0.25, 0.3) is 0 Å². The topological polar surface area (TPSA) is 69.7 Å². The normalized spacial score (nSPS) is 16.2. The van der Waals surface area contributed by atoms with Crippen LogP contribution in [-0.4, -0.2) is 53.9 Å². The summed E-state index contributed by atoms with van der Waals surface area (Å²) in [6.07, 6.45) is 7.73. The fourth-order valence-electron chi connectivity index (χ4n) is 3.83. The van der Waals surface area contributed by atoms with E-state index >= 15 is 0 Å². The molecule has 0 spiro atoms. The fourth-order valence-corrected chi connectivity index (χ4v) is 3.83. The highest BCUT2D eigenvalue weighted by Gasteiger charge is 2.15. The standard InChI is InChI=1S/C28H31N5O2/c1-4-28(34)31-26-18-22(20-33-16-14-32(3)15-17-33)9-11-25(26)30-27-19-24(12-13-29-27)35-23-7-5-6-21(2)8-10-23/h4,6-7,9,11-13,18-19H,1,5,14-17,20H2,2-3H3,(H,29,30)(H,31,34). The summed E-state index contributed by atoms with van der Waals surface area (Å²) in [6, 6.07) is 9.64. The van der Waals surface area contributed by atoms with Gasteiger partial charge in [0.1, 0.15) is 11.6 Å². The van der Waals surface area contributed by atoms with Gasteiger partial charge >= 0.3 is 0 Å². The maximum absolute atomic E-state index is 12.1. The highest BCUT2D eigenvalue weighted by atomic mass is 16.5. The highest BCUT2D eigenvalue weighted by Crippen LogP contribution is 2.28. The van der Waals surface area contributed by atoms with Gasteiger partial charge in [-0.15, -0.1) is 0 Å². The van der Waals surface area contributed by atoms with E-state index in [1.807, 2.05) is 31.2 Å². The van der Waals surface area contributed by atoms with Gasteiger partial charge in [-0.05, 0) is 67.8 Å². The smallest absolute Gasteiger partial charge is 0.247 e. The predicted molar refractivity (Wildman–Crippen MR) is 140 cm³/mol. The molecule has 0 unspecified atom stereocenters. The van der Waals surface area contributed by atoms with Gasteiger partial charge in [0.15, 0.2) is 5.76 Å². The minimum absolute atomic E-state index is 0.266. The quantitative estimate of drug-likeness (QED) is 0.444. The molecule has 4 rings (SSSR count). The van der Waals surface area contributed by atoms with E-state index in [2.05, 4.69) is 63.0 Å². The Bertz CT molecular complexity index is 1210. The average Bonchev–Trinajstić information content (AvgIpc) is 3.06. The Hall–Kier alpha value is -3.86. The maximum atomic E-state index is 12.1. The summed E-state index contributed by atoms with van der Waals surface area (Å²) in [4.78, 5) is 21.3. The zero-order chi connectivity index (χ0) is 24.6. The molecule has 1 aromatic heterocycles. The lowest BCUT2D eigenvalue weighted by molar-refractivity contribution is -0.111. The van der Waals surface area contributed by atoms with Crippen LogP contribution in [0.2, 0.25) is 0 Å². The van der Waals surface area contributed by atoms with Crippen LogP contribution >= 0.6 is 0 Å². The van der Waals surface area contributed by atoms with Crippen molar-refractivity contribution < 1.29 is 9.53 Å². The van der Waals surface area contributed by atoms with Crippen molar-refractivity contribution in [2.45, 2.75) is 19.9 Å². The van der Waals surface area contributed by atoms with Crippen LogP contribution in [0, 0.1) is 11.8 Å². The van der Waals surface area contributed by atoms with Gasteiger partial charge in [0.25, 0.3) is 0 Å². The third kappa shape index (κ3) is 7.06. The first-order valence-corrected chi connectivity index (χ1v) is 11.8. The lowest BCUT2D eigenvalue weighted by Crippen LogP contribution is -2.43. The molecule has 180 valence electrons. The number of hydrogen-bond acceptors (Lipinski definition) is 6. The van der Waals surface area contributed by atoms with Crippen molar-refractivity contribution in [1.29, 1.82) is 0 Å². The van der Waals surface area contributed by atoms with E-state index in [9.17, 15) is 4.79 Å². The van der Waals surface area contributed by atoms with E-state index < -0.39 is 0 Å². The molecule has 1 amide bonds. The fraction of sp³-hybridized carbons (Fsp3) is 0.286. The van der Waals surface area contributed by atoms with Gasteiger partial charge in [0.2, 0.25) is 5.91 Å². The zero-order valence-corrected chi connectivity index (χ0v) is 20.3. The first-order valence-electron chi connectivity index (χ1n) is 11.8. The van der Waals surface area contributed by atoms with Crippen LogP contribution in [0.4, 0.5) is 17.2 Å². The minimum Gasteiger partial charge on any atom is -0.449 e. The van der Waals surface area contributed by atoms with Crippen LogP contribution in [-0.2, 0) is 11.3 Å². The number of piperazine rings is 1. The number of carbonyl (C=O) groups is 1. The molecule has 0 radical (unpaired) electrons. The Balaban J connectivity index is 1.50. The number of likely N-dealkylation sites (N-methyl/N-ethyl adjacent to an activating group) is 1. The van der Waals surface area contributed by atoms with E-state index in [0.29, 0.717) is 23.0 Å². The number of nitrogens with one attached hydrogen (secondary N) is 2. The molecule has 7 nitrogen and oxygen atoms in total. The summed E-state index contributed by atoms with van der Waals surface area (Å²) in [7, 11) is 2.15. The average molecular weight is 470 g/mol. The molecule has 1 aliphatic heterocycles. The van der Waals surface area contributed by atoms with E-state index in [-0.39, 0.29) is 5.91 Å². The van der Waals surface area contributed by atoms with E-state index in [1.165, 1.54) is 6.08 Å². The van der Waals surface area contributed by atoms with Gasteiger partial charge in [-0.3, -0.25) is 9.69 Å². The SMILES string of the molecule is C=CC(=O)Nc1cc(CN2CCN(C)CC2)ccc1Nc1cc(OC2=CCC=C(C)C#C2)ccn1. The second kappa shape index (κ2) is 11.5. The molecule has 2 N–H and O–H groups in total. The number of ether oxygens (including phenoxy) is 1. The Morgan fingerprint density at radius 3 is 2.77 bits per heavy atom. The number of aromatic nitrogens is 1. The molecule has 1 aromatic carbocycles. The number of anilines is 3. The zero-order valence-electron chi connectivity index (χ0n) is 20.3. The van der Waals surface area contributed by atoms with Gasteiger partial charge in [-0.2, -0.15) is 0 Å². The predicted octanol–water partition coefficient (Wildman–Crippen LogP) is 4.31. The number of pyridine rings is 1. The molecule has 0 atom stereocenters. The summed E-state index contributed by atoms with van der Waals surface area (Å²) in [5.41, 5.74) is 3.57. The second-order valence-corrected chi connectivity index (χ2v) is 8.70. The first kappa shape index (κ1) is 24.3. The molecule has 2 aromatic rings. The summed E-state index contributed by atoms with van der Waals surface area (Å²) < 4.78 is 5.97. The lowest BCUT2D eigenvalue weighted by atomic mass is 10.1. The largest absolute Gasteiger partial charge is 0.449 e. The maximum Gasteiger partial charge on any atom is 0.247 e. The summed E-state index contributed by atoms with van der Waals surface area (Å²) in [5.74, 6) is 7.69. The molecule has 7 heteroatoms. The van der Waals surface area contributed by atoms with E-state index in [4.69, 9.17) is 4.74 Å².